The van der Waals surface area contributed by atoms with Gasteiger partial charge in [0.2, 0.25) is 0 Å². The lowest BCUT2D eigenvalue weighted by Gasteiger charge is -2.16. The van der Waals surface area contributed by atoms with Gasteiger partial charge in [-0.25, -0.2) is 0 Å². The Morgan fingerprint density at radius 3 is 2.38 bits per heavy atom. The molecule has 0 atom stereocenters. The molecule has 0 spiro atoms. The van der Waals surface area contributed by atoms with Crippen molar-refractivity contribution in [1.29, 1.82) is 0 Å². The minimum atomic E-state index is -4.40. The summed E-state index contributed by atoms with van der Waals surface area (Å²) in [5.74, 6) is 0. The van der Waals surface area contributed by atoms with E-state index >= 15 is 0 Å². The molecule has 21 heavy (non-hydrogen) atoms. The van der Waals surface area contributed by atoms with E-state index in [0.29, 0.717) is 4.47 Å². The molecule has 0 heterocycles. The van der Waals surface area contributed by atoms with Crippen LogP contribution in [0.1, 0.15) is 11.1 Å². The Labute approximate surface area is 129 Å². The van der Waals surface area contributed by atoms with Crippen LogP contribution in [0.15, 0.2) is 59.6 Å². The zero-order valence-electron chi connectivity index (χ0n) is 11.0. The van der Waals surface area contributed by atoms with E-state index in [1.54, 1.807) is 6.07 Å². The van der Waals surface area contributed by atoms with Crippen molar-refractivity contribution in [3.05, 3.63) is 70.7 Å². The molecule has 0 saturated heterocycles. The number of halogens is 4. The first-order valence-corrected chi connectivity index (χ1v) is 7.01. The number of alkyl halides is 3. The molecule has 1 nitrogen and oxygen atoms in total. The molecule has 0 aromatic heterocycles. The molecule has 2 aromatic carbocycles. The zero-order valence-corrected chi connectivity index (χ0v) is 12.6. The third-order valence-electron chi connectivity index (χ3n) is 2.96. The summed E-state index contributed by atoms with van der Waals surface area (Å²) in [6.07, 6.45) is -4.40. The van der Waals surface area contributed by atoms with E-state index in [9.17, 15) is 13.2 Å². The van der Waals surface area contributed by atoms with Crippen molar-refractivity contribution in [2.45, 2.75) is 6.18 Å². The maximum atomic E-state index is 13.0. The first-order chi connectivity index (χ1) is 9.88. The summed E-state index contributed by atoms with van der Waals surface area (Å²) in [6, 6.07) is 13.4. The predicted octanol–water partition coefficient (Wildman–Crippen LogP) is 5.59. The van der Waals surface area contributed by atoms with Crippen LogP contribution in [-0.2, 0) is 6.18 Å². The molecule has 1 N–H and O–H groups in total. The van der Waals surface area contributed by atoms with E-state index in [2.05, 4.69) is 27.8 Å². The third-order valence-corrected chi connectivity index (χ3v) is 3.45. The summed E-state index contributed by atoms with van der Waals surface area (Å²) in [5.41, 5.74) is 0.975. The first-order valence-electron chi connectivity index (χ1n) is 6.22. The Morgan fingerprint density at radius 2 is 1.76 bits per heavy atom. The maximum Gasteiger partial charge on any atom is 0.418 e. The standard InChI is InChI=1S/C16H13BrF3N/c1-11(12-5-3-2-4-6-12)10-21-15-8-7-13(17)9-14(15)16(18,19)20/h2-9,21H,1,10H2. The highest BCUT2D eigenvalue weighted by atomic mass is 79.9. The van der Waals surface area contributed by atoms with E-state index in [-0.39, 0.29) is 12.2 Å². The highest BCUT2D eigenvalue weighted by Crippen LogP contribution is 2.36. The molecule has 0 bridgehead atoms. The summed E-state index contributed by atoms with van der Waals surface area (Å²) in [5, 5.41) is 2.80. The molecule has 0 amide bonds. The number of hydrogen-bond acceptors (Lipinski definition) is 1. The van der Waals surface area contributed by atoms with Gasteiger partial charge in [0, 0.05) is 16.7 Å². The minimum Gasteiger partial charge on any atom is -0.380 e. The monoisotopic (exact) mass is 355 g/mol. The molecule has 0 saturated carbocycles. The Hall–Kier alpha value is -1.75. The van der Waals surface area contributed by atoms with Crippen LogP contribution in [0.25, 0.3) is 5.57 Å². The van der Waals surface area contributed by atoms with Crippen molar-refractivity contribution in [2.75, 3.05) is 11.9 Å². The molecule has 0 aliphatic rings. The number of benzene rings is 2. The van der Waals surface area contributed by atoms with Gasteiger partial charge in [0.05, 0.1) is 5.56 Å². The second kappa shape index (κ2) is 6.35. The summed E-state index contributed by atoms with van der Waals surface area (Å²) >= 11 is 3.06. The van der Waals surface area contributed by atoms with E-state index in [1.807, 2.05) is 30.3 Å². The highest BCUT2D eigenvalue weighted by molar-refractivity contribution is 9.10. The van der Waals surface area contributed by atoms with Crippen LogP contribution < -0.4 is 5.32 Å². The summed E-state index contributed by atoms with van der Waals surface area (Å²) in [4.78, 5) is 0. The zero-order chi connectivity index (χ0) is 15.5. The molecular formula is C16H13BrF3N. The van der Waals surface area contributed by atoms with Crippen molar-refractivity contribution in [2.24, 2.45) is 0 Å². The van der Waals surface area contributed by atoms with Crippen molar-refractivity contribution < 1.29 is 13.2 Å². The van der Waals surface area contributed by atoms with E-state index < -0.39 is 11.7 Å². The average Bonchev–Trinajstić information content (AvgIpc) is 2.45. The van der Waals surface area contributed by atoms with Gasteiger partial charge in [-0.3, -0.25) is 0 Å². The number of anilines is 1. The van der Waals surface area contributed by atoms with Crippen molar-refractivity contribution in [1.82, 2.24) is 0 Å². The van der Waals surface area contributed by atoms with E-state index in [0.717, 1.165) is 17.2 Å². The van der Waals surface area contributed by atoms with Crippen LogP contribution in [0.3, 0.4) is 0 Å². The van der Waals surface area contributed by atoms with Crippen LogP contribution in [0, 0.1) is 0 Å². The topological polar surface area (TPSA) is 12.0 Å². The minimum absolute atomic E-state index is 0.0442. The largest absolute Gasteiger partial charge is 0.418 e. The molecule has 110 valence electrons. The fraction of sp³-hybridized carbons (Fsp3) is 0.125. The van der Waals surface area contributed by atoms with Crippen molar-refractivity contribution >= 4 is 27.2 Å². The van der Waals surface area contributed by atoms with Crippen LogP contribution in [0.4, 0.5) is 18.9 Å². The van der Waals surface area contributed by atoms with Crippen LogP contribution >= 0.6 is 15.9 Å². The van der Waals surface area contributed by atoms with Crippen LogP contribution in [-0.4, -0.2) is 6.54 Å². The quantitative estimate of drug-likeness (QED) is 0.753. The van der Waals surface area contributed by atoms with Gasteiger partial charge >= 0.3 is 6.18 Å². The molecular weight excluding hydrogens is 343 g/mol. The summed E-state index contributed by atoms with van der Waals surface area (Å²) in [7, 11) is 0. The fourth-order valence-electron chi connectivity index (χ4n) is 1.88. The SMILES string of the molecule is C=C(CNc1ccc(Br)cc1C(F)(F)F)c1ccccc1. The molecule has 2 rings (SSSR count). The average molecular weight is 356 g/mol. The molecule has 0 fully saturated rings. The Bertz CT molecular complexity index is 636. The molecule has 0 radical (unpaired) electrons. The predicted molar refractivity (Wildman–Crippen MR) is 83.1 cm³/mol. The molecule has 0 aliphatic heterocycles. The lowest BCUT2D eigenvalue weighted by atomic mass is 10.1. The lowest BCUT2D eigenvalue weighted by molar-refractivity contribution is -0.137. The van der Waals surface area contributed by atoms with Gasteiger partial charge < -0.3 is 5.32 Å². The van der Waals surface area contributed by atoms with E-state index in [1.165, 1.54) is 6.07 Å². The van der Waals surface area contributed by atoms with Gasteiger partial charge in [0.15, 0.2) is 0 Å². The normalized spacial score (nSPS) is 11.2. The van der Waals surface area contributed by atoms with Gasteiger partial charge in [-0.2, -0.15) is 13.2 Å². The number of rotatable bonds is 4. The number of nitrogens with one attached hydrogen (secondary N) is 1. The Kier molecular flexibility index (Phi) is 4.73. The lowest BCUT2D eigenvalue weighted by Crippen LogP contribution is -2.12. The Balaban J connectivity index is 2.16. The molecule has 0 unspecified atom stereocenters. The van der Waals surface area contributed by atoms with Crippen LogP contribution in [0.2, 0.25) is 0 Å². The van der Waals surface area contributed by atoms with Crippen LogP contribution in [0.5, 0.6) is 0 Å². The molecule has 2 aromatic rings. The maximum absolute atomic E-state index is 13.0. The third kappa shape index (κ3) is 4.11. The second-order valence-electron chi connectivity index (χ2n) is 4.51. The fourth-order valence-corrected chi connectivity index (χ4v) is 2.24. The van der Waals surface area contributed by atoms with Gasteiger partial charge in [-0.15, -0.1) is 0 Å². The molecule has 5 heteroatoms. The van der Waals surface area contributed by atoms with E-state index in [4.69, 9.17) is 0 Å². The number of hydrogen-bond donors (Lipinski definition) is 1. The summed E-state index contributed by atoms with van der Waals surface area (Å²) < 4.78 is 39.4. The first kappa shape index (κ1) is 15.6. The van der Waals surface area contributed by atoms with Crippen molar-refractivity contribution in [3.8, 4) is 0 Å². The molecule has 0 aliphatic carbocycles. The second-order valence-corrected chi connectivity index (χ2v) is 5.43. The van der Waals surface area contributed by atoms with Gasteiger partial charge in [-0.1, -0.05) is 52.8 Å². The Morgan fingerprint density at radius 1 is 1.10 bits per heavy atom. The summed E-state index contributed by atoms with van der Waals surface area (Å²) in [6.45, 7) is 4.14. The van der Waals surface area contributed by atoms with Gasteiger partial charge in [0.25, 0.3) is 0 Å². The van der Waals surface area contributed by atoms with Gasteiger partial charge in [0.1, 0.15) is 0 Å². The highest BCUT2D eigenvalue weighted by Gasteiger charge is 2.33. The smallest absolute Gasteiger partial charge is 0.380 e. The van der Waals surface area contributed by atoms with Crippen molar-refractivity contribution in [3.63, 3.8) is 0 Å². The van der Waals surface area contributed by atoms with Gasteiger partial charge in [-0.05, 0) is 29.3 Å².